The number of rotatable bonds is 11. The zero-order valence-corrected chi connectivity index (χ0v) is 30.3. The Bertz CT molecular complexity index is 1810. The Balaban J connectivity index is 1.28. The van der Waals surface area contributed by atoms with Crippen LogP contribution < -0.4 is 25.8 Å². The Morgan fingerprint density at radius 3 is 2.46 bits per heavy atom. The highest BCUT2D eigenvalue weighted by atomic mass is 35.5. The molecule has 2 aliphatic rings. The highest BCUT2D eigenvalue weighted by Crippen LogP contribution is 2.38. The van der Waals surface area contributed by atoms with E-state index in [9.17, 15) is 27.6 Å². The van der Waals surface area contributed by atoms with Gasteiger partial charge in [0.1, 0.15) is 24.6 Å². The maximum atomic E-state index is 15.3. The van der Waals surface area contributed by atoms with Gasteiger partial charge in [-0.05, 0) is 69.0 Å². The van der Waals surface area contributed by atoms with Crippen LogP contribution in [0.25, 0.3) is 0 Å². The summed E-state index contributed by atoms with van der Waals surface area (Å²) in [5, 5.41) is 4.82. The summed E-state index contributed by atoms with van der Waals surface area (Å²) in [6.07, 6.45) is -4.93. The van der Waals surface area contributed by atoms with Crippen molar-refractivity contribution in [2.45, 2.75) is 69.5 Å². The minimum Gasteiger partial charge on any atom is -0.454 e. The Morgan fingerprint density at radius 2 is 1.76 bits per heavy atom. The highest BCUT2D eigenvalue weighted by Gasteiger charge is 2.37. The van der Waals surface area contributed by atoms with Crippen LogP contribution in [0.1, 0.15) is 49.8 Å². The number of carbonyl (C=O) groups is 3. The number of nitrogens with two attached hydrogens (primary N) is 1. The molecule has 3 aromatic rings. The van der Waals surface area contributed by atoms with E-state index in [1.807, 2.05) is 0 Å². The standard InChI is InChI=1S/C36H40ClF4N5O8/c1-35(2,3)54-34(49)46-15-24(50-16-23(46)17-51-33(48)44-18-36(39,40)41)9-10-25-26(38)13-43-14-27(25)45-32(47)31(42)30(20-4-7-22(37)8-5-20)21-6-11-28-29(12-21)53-19-52-28/h4-8,11-14,23-24,30-31H,9-10,15-19,42H2,1-3H3,(H,44,48)(H,45,47)/t23?,24?,30-,31-/m0/s1. The van der Waals surface area contributed by atoms with E-state index in [0.29, 0.717) is 27.6 Å². The van der Waals surface area contributed by atoms with Crippen LogP contribution in [0.15, 0.2) is 54.9 Å². The van der Waals surface area contributed by atoms with Crippen molar-refractivity contribution in [3.8, 4) is 11.5 Å². The van der Waals surface area contributed by atoms with Gasteiger partial charge in [0.25, 0.3) is 0 Å². The molecular formula is C36H40ClF4N5O8. The van der Waals surface area contributed by atoms with Crippen molar-refractivity contribution in [1.29, 1.82) is 0 Å². The van der Waals surface area contributed by atoms with Crippen LogP contribution in [0.3, 0.4) is 0 Å². The number of ether oxygens (including phenoxy) is 5. The smallest absolute Gasteiger partial charge is 0.410 e. The molecule has 1 aromatic heterocycles. The van der Waals surface area contributed by atoms with Crippen LogP contribution in [0, 0.1) is 5.82 Å². The number of carbonyl (C=O) groups excluding carboxylic acids is 3. The number of amides is 3. The second-order valence-corrected chi connectivity index (χ2v) is 14.1. The van der Waals surface area contributed by atoms with E-state index in [4.69, 9.17) is 41.0 Å². The molecule has 0 bridgehead atoms. The molecule has 3 heterocycles. The van der Waals surface area contributed by atoms with Gasteiger partial charge in [0.15, 0.2) is 11.5 Å². The van der Waals surface area contributed by atoms with Crippen molar-refractivity contribution in [1.82, 2.24) is 15.2 Å². The van der Waals surface area contributed by atoms with Crippen molar-refractivity contribution >= 4 is 35.4 Å². The number of hydrogen-bond donors (Lipinski definition) is 3. The summed E-state index contributed by atoms with van der Waals surface area (Å²) in [6.45, 7) is 2.70. The number of fused-ring (bicyclic) bond motifs is 1. The number of nitrogens with one attached hydrogen (secondary N) is 2. The number of benzene rings is 2. The van der Waals surface area contributed by atoms with Gasteiger partial charge in [0, 0.05) is 16.5 Å². The van der Waals surface area contributed by atoms with Crippen molar-refractivity contribution in [3.63, 3.8) is 0 Å². The third-order valence-corrected chi connectivity index (χ3v) is 8.71. The molecule has 292 valence electrons. The van der Waals surface area contributed by atoms with Crippen molar-refractivity contribution in [2.24, 2.45) is 5.73 Å². The quantitative estimate of drug-likeness (QED) is 0.199. The Labute approximate surface area is 313 Å². The first-order valence-electron chi connectivity index (χ1n) is 16.9. The summed E-state index contributed by atoms with van der Waals surface area (Å²) in [5.74, 6) is -0.967. The number of aromatic nitrogens is 1. The van der Waals surface area contributed by atoms with E-state index >= 15 is 4.39 Å². The van der Waals surface area contributed by atoms with Crippen molar-refractivity contribution in [3.05, 3.63) is 82.4 Å². The van der Waals surface area contributed by atoms with Gasteiger partial charge in [-0.25, -0.2) is 14.0 Å². The molecular weight excluding hydrogens is 742 g/mol. The molecule has 0 radical (unpaired) electrons. The van der Waals surface area contributed by atoms with E-state index < -0.39 is 72.9 Å². The fraction of sp³-hybridized carbons (Fsp3) is 0.444. The van der Waals surface area contributed by atoms with E-state index in [2.05, 4.69) is 10.3 Å². The second-order valence-electron chi connectivity index (χ2n) is 13.7. The van der Waals surface area contributed by atoms with Gasteiger partial charge in [0.2, 0.25) is 12.7 Å². The molecule has 0 spiro atoms. The molecule has 1 fully saturated rings. The summed E-state index contributed by atoms with van der Waals surface area (Å²) < 4.78 is 80.2. The molecule has 1 saturated heterocycles. The number of hydrogen-bond acceptors (Lipinski definition) is 10. The number of nitrogens with zero attached hydrogens (tertiary/aromatic N) is 2. The summed E-state index contributed by atoms with van der Waals surface area (Å²) >= 11 is 6.14. The lowest BCUT2D eigenvalue weighted by Gasteiger charge is -2.39. The summed E-state index contributed by atoms with van der Waals surface area (Å²) in [5.41, 5.74) is 7.26. The summed E-state index contributed by atoms with van der Waals surface area (Å²) in [4.78, 5) is 44.0. The molecule has 4 N–H and O–H groups in total. The topological polar surface area (TPSA) is 164 Å². The SMILES string of the molecule is CC(C)(C)OC(=O)N1CC(CCc2c(F)cncc2NC(=O)[C@@H](N)[C@@H](c2ccc(Cl)cc2)c2ccc3c(c2)OCO3)OCC1COC(=O)NCC(F)(F)F. The number of halogens is 5. The molecule has 0 saturated carbocycles. The second kappa shape index (κ2) is 17.1. The van der Waals surface area contributed by atoms with Crippen molar-refractivity contribution in [2.75, 3.05) is 38.4 Å². The first kappa shape index (κ1) is 40.3. The first-order valence-corrected chi connectivity index (χ1v) is 17.3. The fourth-order valence-corrected chi connectivity index (χ4v) is 6.02. The predicted molar refractivity (Wildman–Crippen MR) is 187 cm³/mol. The summed E-state index contributed by atoms with van der Waals surface area (Å²) in [7, 11) is 0. The van der Waals surface area contributed by atoms with E-state index in [0.717, 1.165) is 6.20 Å². The number of alkyl carbamates (subject to hydrolysis) is 1. The van der Waals surface area contributed by atoms with Crippen LogP contribution in [-0.2, 0) is 25.4 Å². The molecule has 4 atom stereocenters. The van der Waals surface area contributed by atoms with Gasteiger partial charge in [0.05, 0.1) is 49.4 Å². The van der Waals surface area contributed by atoms with Crippen LogP contribution in [0.2, 0.25) is 5.02 Å². The fourth-order valence-electron chi connectivity index (χ4n) is 5.89. The number of pyridine rings is 1. The minimum absolute atomic E-state index is 0.0236. The summed E-state index contributed by atoms with van der Waals surface area (Å²) in [6, 6.07) is 10.0. The molecule has 0 aliphatic carbocycles. The van der Waals surface area contributed by atoms with Gasteiger partial charge in [-0.2, -0.15) is 13.2 Å². The molecule has 3 amide bonds. The monoisotopic (exact) mass is 781 g/mol. The van der Waals surface area contributed by atoms with Crippen LogP contribution in [0.4, 0.5) is 32.8 Å². The van der Waals surface area contributed by atoms with Crippen LogP contribution in [0.5, 0.6) is 11.5 Å². The van der Waals surface area contributed by atoms with Crippen LogP contribution in [-0.4, -0.2) is 91.0 Å². The third-order valence-electron chi connectivity index (χ3n) is 8.46. The maximum absolute atomic E-state index is 15.3. The van der Waals surface area contributed by atoms with Crippen LogP contribution >= 0.6 is 11.6 Å². The lowest BCUT2D eigenvalue weighted by Crippen LogP contribution is -2.55. The highest BCUT2D eigenvalue weighted by molar-refractivity contribution is 6.30. The van der Waals surface area contributed by atoms with Gasteiger partial charge < -0.3 is 40.1 Å². The number of morpholine rings is 1. The molecule has 2 aromatic carbocycles. The van der Waals surface area contributed by atoms with Gasteiger partial charge in [-0.15, -0.1) is 0 Å². The Kier molecular flexibility index (Phi) is 12.7. The number of anilines is 1. The molecule has 2 aliphatic heterocycles. The van der Waals surface area contributed by atoms with Crippen molar-refractivity contribution < 1.29 is 55.6 Å². The molecule has 18 heteroatoms. The lowest BCUT2D eigenvalue weighted by molar-refractivity contribution is -0.124. The average Bonchev–Trinajstić information content (AvgIpc) is 3.58. The maximum Gasteiger partial charge on any atom is 0.410 e. The van der Waals surface area contributed by atoms with Gasteiger partial charge in [-0.3, -0.25) is 14.7 Å². The molecule has 2 unspecified atom stereocenters. The van der Waals surface area contributed by atoms with Gasteiger partial charge >= 0.3 is 18.4 Å². The van der Waals surface area contributed by atoms with E-state index in [1.54, 1.807) is 68.6 Å². The number of alkyl halides is 3. The zero-order chi connectivity index (χ0) is 39.2. The largest absolute Gasteiger partial charge is 0.454 e. The first-order chi connectivity index (χ1) is 25.5. The predicted octanol–water partition coefficient (Wildman–Crippen LogP) is 5.93. The molecule has 54 heavy (non-hydrogen) atoms. The van der Waals surface area contributed by atoms with E-state index in [1.165, 1.54) is 11.1 Å². The molecule has 13 nitrogen and oxygen atoms in total. The third kappa shape index (κ3) is 10.9. The lowest BCUT2D eigenvalue weighted by atomic mass is 9.84. The average molecular weight is 782 g/mol. The zero-order valence-electron chi connectivity index (χ0n) is 29.6. The Hall–Kier alpha value is -4.87. The molecule has 5 rings (SSSR count). The minimum atomic E-state index is -4.64. The van der Waals surface area contributed by atoms with Gasteiger partial charge in [-0.1, -0.05) is 29.8 Å². The van der Waals surface area contributed by atoms with E-state index in [-0.39, 0.29) is 44.0 Å². The Morgan fingerprint density at radius 1 is 1.06 bits per heavy atom. The normalized spacial score (nSPS) is 18.1.